The average molecular weight is 303 g/mol. The summed E-state index contributed by atoms with van der Waals surface area (Å²) < 4.78 is 1.98. The number of nitrogens with zero attached hydrogens (tertiary/aromatic N) is 3. The Kier molecular flexibility index (Phi) is 3.60. The molecule has 0 saturated carbocycles. The van der Waals surface area contributed by atoms with E-state index < -0.39 is 0 Å². The average Bonchev–Trinajstić information content (AvgIpc) is 2.96. The molecule has 0 fully saturated rings. The fourth-order valence-electron chi connectivity index (χ4n) is 2.34. The summed E-state index contributed by atoms with van der Waals surface area (Å²) in [5.74, 6) is 1.57. The largest absolute Gasteiger partial charge is 0.326 e. The SMILES string of the molecule is CNCc1nccn1Cc1nc2sc(C)c(C)c2c(=O)[nH]1. The second kappa shape index (κ2) is 5.42. The van der Waals surface area contributed by atoms with Crippen LogP contribution in [0.5, 0.6) is 0 Å². The van der Waals surface area contributed by atoms with E-state index in [1.807, 2.05) is 31.7 Å². The van der Waals surface area contributed by atoms with Gasteiger partial charge in [0.05, 0.1) is 18.5 Å². The van der Waals surface area contributed by atoms with E-state index in [1.165, 1.54) is 0 Å². The molecule has 3 rings (SSSR count). The number of aromatic amines is 1. The summed E-state index contributed by atoms with van der Waals surface area (Å²) in [6.45, 7) is 5.17. The summed E-state index contributed by atoms with van der Waals surface area (Å²) in [4.78, 5) is 25.9. The van der Waals surface area contributed by atoms with Crippen molar-refractivity contribution in [2.24, 2.45) is 0 Å². The number of hydrogen-bond donors (Lipinski definition) is 2. The van der Waals surface area contributed by atoms with Gasteiger partial charge in [0.1, 0.15) is 16.5 Å². The van der Waals surface area contributed by atoms with Crippen LogP contribution in [0.15, 0.2) is 17.2 Å². The van der Waals surface area contributed by atoms with Crippen molar-refractivity contribution in [3.05, 3.63) is 44.8 Å². The molecule has 0 aliphatic heterocycles. The first-order valence-corrected chi connectivity index (χ1v) is 7.55. The van der Waals surface area contributed by atoms with Crippen molar-refractivity contribution in [1.82, 2.24) is 24.8 Å². The van der Waals surface area contributed by atoms with Gasteiger partial charge in [-0.25, -0.2) is 9.97 Å². The van der Waals surface area contributed by atoms with Gasteiger partial charge in [0.2, 0.25) is 0 Å². The second-order valence-electron chi connectivity index (χ2n) is 4.98. The third-order valence-corrected chi connectivity index (χ3v) is 4.65. The summed E-state index contributed by atoms with van der Waals surface area (Å²) in [6.07, 6.45) is 3.64. The van der Waals surface area contributed by atoms with Crippen LogP contribution in [-0.2, 0) is 13.1 Å². The Morgan fingerprint density at radius 1 is 1.43 bits per heavy atom. The minimum absolute atomic E-state index is 0.0628. The van der Waals surface area contributed by atoms with Crippen molar-refractivity contribution in [1.29, 1.82) is 0 Å². The molecule has 3 heterocycles. The number of fused-ring (bicyclic) bond motifs is 1. The fourth-order valence-corrected chi connectivity index (χ4v) is 3.39. The Hall–Kier alpha value is -1.99. The van der Waals surface area contributed by atoms with Crippen molar-refractivity contribution in [3.63, 3.8) is 0 Å². The van der Waals surface area contributed by atoms with Gasteiger partial charge in [0.25, 0.3) is 5.56 Å². The number of aryl methyl sites for hydroxylation is 2. The molecule has 0 unspecified atom stereocenters. The molecule has 21 heavy (non-hydrogen) atoms. The van der Waals surface area contributed by atoms with Gasteiger partial charge in [0, 0.05) is 17.3 Å². The lowest BCUT2D eigenvalue weighted by Gasteiger charge is -2.07. The standard InChI is InChI=1S/C14H17N5OS/c1-8-9(2)21-14-12(8)13(20)17-10(18-14)7-19-5-4-16-11(19)6-15-3/h4-5,15H,6-7H2,1-3H3,(H,17,18,20). The van der Waals surface area contributed by atoms with E-state index in [-0.39, 0.29) is 5.56 Å². The van der Waals surface area contributed by atoms with Gasteiger partial charge in [-0.05, 0) is 26.5 Å². The number of H-pyrrole nitrogens is 1. The van der Waals surface area contributed by atoms with E-state index in [2.05, 4.69) is 20.3 Å². The minimum Gasteiger partial charge on any atom is -0.326 e. The first-order chi connectivity index (χ1) is 10.1. The molecule has 2 N–H and O–H groups in total. The predicted molar refractivity (Wildman–Crippen MR) is 83.8 cm³/mol. The number of nitrogens with one attached hydrogen (secondary N) is 2. The lowest BCUT2D eigenvalue weighted by Crippen LogP contribution is -2.17. The van der Waals surface area contributed by atoms with Crippen molar-refractivity contribution in [3.8, 4) is 0 Å². The molecule has 0 spiro atoms. The molecule has 3 aromatic heterocycles. The van der Waals surface area contributed by atoms with E-state index in [1.54, 1.807) is 17.5 Å². The number of aromatic nitrogens is 4. The summed E-state index contributed by atoms with van der Waals surface area (Å²) in [5, 5.41) is 3.78. The zero-order chi connectivity index (χ0) is 15.0. The van der Waals surface area contributed by atoms with Gasteiger partial charge in [-0.15, -0.1) is 11.3 Å². The van der Waals surface area contributed by atoms with E-state index in [9.17, 15) is 4.79 Å². The molecule has 110 valence electrons. The third-order valence-electron chi connectivity index (χ3n) is 3.54. The van der Waals surface area contributed by atoms with E-state index in [4.69, 9.17) is 0 Å². The van der Waals surface area contributed by atoms with Crippen LogP contribution < -0.4 is 10.9 Å². The third kappa shape index (κ3) is 2.50. The van der Waals surface area contributed by atoms with Crippen molar-refractivity contribution >= 4 is 21.6 Å². The van der Waals surface area contributed by atoms with Gasteiger partial charge in [-0.1, -0.05) is 0 Å². The Morgan fingerprint density at radius 2 is 2.24 bits per heavy atom. The molecule has 0 radical (unpaired) electrons. The smallest absolute Gasteiger partial charge is 0.259 e. The van der Waals surface area contributed by atoms with Crippen LogP contribution in [0, 0.1) is 13.8 Å². The van der Waals surface area contributed by atoms with Crippen molar-refractivity contribution in [2.45, 2.75) is 26.9 Å². The van der Waals surface area contributed by atoms with Crippen LogP contribution >= 0.6 is 11.3 Å². The topological polar surface area (TPSA) is 75.6 Å². The Balaban J connectivity index is 2.01. The van der Waals surface area contributed by atoms with Gasteiger partial charge >= 0.3 is 0 Å². The number of rotatable bonds is 4. The normalized spacial score (nSPS) is 11.4. The molecule has 0 aliphatic carbocycles. The maximum atomic E-state index is 12.2. The summed E-state index contributed by atoms with van der Waals surface area (Å²) in [6, 6.07) is 0. The zero-order valence-electron chi connectivity index (χ0n) is 12.2. The second-order valence-corrected chi connectivity index (χ2v) is 6.18. The zero-order valence-corrected chi connectivity index (χ0v) is 13.0. The molecule has 3 aromatic rings. The Labute approximate surface area is 125 Å². The molecule has 0 aliphatic rings. The minimum atomic E-state index is -0.0628. The summed E-state index contributed by atoms with van der Waals surface area (Å²) in [5.41, 5.74) is 0.959. The van der Waals surface area contributed by atoms with Crippen LogP contribution in [0.4, 0.5) is 0 Å². The highest BCUT2D eigenvalue weighted by Gasteiger charge is 2.12. The molecule has 0 saturated heterocycles. The van der Waals surface area contributed by atoms with Crippen LogP contribution in [-0.4, -0.2) is 26.6 Å². The quantitative estimate of drug-likeness (QED) is 0.767. The van der Waals surface area contributed by atoms with Gasteiger partial charge in [-0.2, -0.15) is 0 Å². The molecular weight excluding hydrogens is 286 g/mol. The molecule has 0 amide bonds. The van der Waals surface area contributed by atoms with Crippen LogP contribution in [0.25, 0.3) is 10.2 Å². The Bertz CT molecular complexity index is 845. The van der Waals surface area contributed by atoms with Crippen LogP contribution in [0.2, 0.25) is 0 Å². The van der Waals surface area contributed by atoms with Crippen molar-refractivity contribution in [2.75, 3.05) is 7.05 Å². The van der Waals surface area contributed by atoms with Crippen LogP contribution in [0.3, 0.4) is 0 Å². The van der Waals surface area contributed by atoms with Crippen LogP contribution in [0.1, 0.15) is 22.1 Å². The first-order valence-electron chi connectivity index (χ1n) is 6.73. The number of imidazole rings is 1. The highest BCUT2D eigenvalue weighted by atomic mass is 32.1. The van der Waals surface area contributed by atoms with Crippen molar-refractivity contribution < 1.29 is 0 Å². The monoisotopic (exact) mass is 303 g/mol. The highest BCUT2D eigenvalue weighted by molar-refractivity contribution is 7.18. The predicted octanol–water partition coefficient (Wildman–Crippen LogP) is 1.57. The number of hydrogen-bond acceptors (Lipinski definition) is 5. The van der Waals surface area contributed by atoms with E-state index in [0.717, 1.165) is 21.1 Å². The molecular formula is C14H17N5OS. The lowest BCUT2D eigenvalue weighted by molar-refractivity contribution is 0.655. The van der Waals surface area contributed by atoms with E-state index >= 15 is 0 Å². The van der Waals surface area contributed by atoms with Gasteiger partial charge in [0.15, 0.2) is 0 Å². The molecule has 0 bridgehead atoms. The molecule has 7 heteroatoms. The van der Waals surface area contributed by atoms with Gasteiger partial charge < -0.3 is 14.9 Å². The lowest BCUT2D eigenvalue weighted by atomic mass is 10.2. The van der Waals surface area contributed by atoms with E-state index in [0.29, 0.717) is 24.3 Å². The first kappa shape index (κ1) is 14.0. The maximum absolute atomic E-state index is 12.2. The molecule has 6 nitrogen and oxygen atoms in total. The maximum Gasteiger partial charge on any atom is 0.259 e. The Morgan fingerprint density at radius 3 is 3.00 bits per heavy atom. The molecule has 0 aromatic carbocycles. The fraction of sp³-hybridized carbons (Fsp3) is 0.357. The highest BCUT2D eigenvalue weighted by Crippen LogP contribution is 2.25. The molecule has 0 atom stereocenters. The van der Waals surface area contributed by atoms with Gasteiger partial charge in [-0.3, -0.25) is 4.79 Å². The summed E-state index contributed by atoms with van der Waals surface area (Å²) >= 11 is 1.57. The summed E-state index contributed by atoms with van der Waals surface area (Å²) in [7, 11) is 1.88. The number of thiophene rings is 1.